The van der Waals surface area contributed by atoms with Crippen molar-refractivity contribution in [1.82, 2.24) is 4.31 Å². The van der Waals surface area contributed by atoms with E-state index in [2.05, 4.69) is 0 Å². The van der Waals surface area contributed by atoms with E-state index in [-0.39, 0.29) is 22.7 Å². The number of fused-ring (bicyclic) bond motifs is 2. The Hall–Kier alpha value is -1.32. The van der Waals surface area contributed by atoms with Crippen LogP contribution < -0.4 is 9.47 Å². The maximum absolute atomic E-state index is 13.3. The molecule has 3 rings (SSSR count). The van der Waals surface area contributed by atoms with Gasteiger partial charge in [0.05, 0.1) is 19.5 Å². The lowest BCUT2D eigenvalue weighted by molar-refractivity contribution is 0.248. The van der Waals surface area contributed by atoms with Gasteiger partial charge in [-0.05, 0) is 37.8 Å². The van der Waals surface area contributed by atoms with Gasteiger partial charge in [0.15, 0.2) is 0 Å². The fourth-order valence-corrected chi connectivity index (χ4v) is 7.13. The fourth-order valence-electron chi connectivity index (χ4n) is 3.93. The minimum atomic E-state index is -3.81. The molecule has 0 saturated carbocycles. The maximum atomic E-state index is 13.3. The second-order valence-corrected chi connectivity index (χ2v) is 10.8. The number of sulfone groups is 1. The van der Waals surface area contributed by atoms with Gasteiger partial charge >= 0.3 is 0 Å². The number of benzene rings is 1. The molecule has 2 bridgehead atoms. The van der Waals surface area contributed by atoms with Gasteiger partial charge in [0.2, 0.25) is 10.0 Å². The van der Waals surface area contributed by atoms with Crippen LogP contribution in [0.25, 0.3) is 0 Å². The first-order valence-electron chi connectivity index (χ1n) is 8.13. The van der Waals surface area contributed by atoms with Gasteiger partial charge in [0.25, 0.3) is 0 Å². The van der Waals surface area contributed by atoms with Gasteiger partial charge in [-0.1, -0.05) is 0 Å². The molecule has 0 N–H and O–H groups in total. The number of hydrogen-bond acceptors (Lipinski definition) is 6. The van der Waals surface area contributed by atoms with Gasteiger partial charge in [-0.2, -0.15) is 4.31 Å². The third-order valence-electron chi connectivity index (χ3n) is 5.15. The van der Waals surface area contributed by atoms with Crippen LogP contribution in [0.1, 0.15) is 25.7 Å². The lowest BCUT2D eigenvalue weighted by atomic mass is 10.1. The molecule has 1 aromatic carbocycles. The van der Waals surface area contributed by atoms with Crippen molar-refractivity contribution >= 4 is 19.9 Å². The summed E-state index contributed by atoms with van der Waals surface area (Å²) < 4.78 is 62.3. The van der Waals surface area contributed by atoms with Gasteiger partial charge in [-0.15, -0.1) is 0 Å². The van der Waals surface area contributed by atoms with E-state index in [9.17, 15) is 16.8 Å². The molecule has 0 aromatic heterocycles. The smallest absolute Gasteiger partial charge is 0.247 e. The molecule has 2 aliphatic heterocycles. The van der Waals surface area contributed by atoms with Crippen LogP contribution in [0.5, 0.6) is 11.5 Å². The van der Waals surface area contributed by atoms with E-state index in [1.165, 1.54) is 30.8 Å². The van der Waals surface area contributed by atoms with Crippen molar-refractivity contribution in [2.75, 3.05) is 20.5 Å². The van der Waals surface area contributed by atoms with Gasteiger partial charge in [-0.25, -0.2) is 16.8 Å². The minimum absolute atomic E-state index is 0.0593. The Kier molecular flexibility index (Phi) is 4.76. The van der Waals surface area contributed by atoms with Crippen molar-refractivity contribution in [3.8, 4) is 11.5 Å². The van der Waals surface area contributed by atoms with Crippen molar-refractivity contribution in [2.45, 2.75) is 47.9 Å². The Labute approximate surface area is 148 Å². The third kappa shape index (κ3) is 3.24. The Balaban J connectivity index is 2.00. The average molecular weight is 389 g/mol. The summed E-state index contributed by atoms with van der Waals surface area (Å²) in [6.07, 6.45) is 3.29. The number of nitrogens with zero attached hydrogens (tertiary/aromatic N) is 1. The predicted octanol–water partition coefficient (Wildman–Crippen LogP) is 1.43. The topological polar surface area (TPSA) is 90.0 Å². The van der Waals surface area contributed by atoms with Crippen LogP contribution in [0.4, 0.5) is 0 Å². The third-order valence-corrected chi connectivity index (χ3v) is 8.78. The quantitative estimate of drug-likeness (QED) is 0.757. The molecule has 9 heteroatoms. The normalized spacial score (nSPS) is 27.2. The van der Waals surface area contributed by atoms with Crippen LogP contribution in [0.2, 0.25) is 0 Å². The van der Waals surface area contributed by atoms with Crippen LogP contribution in [0.15, 0.2) is 23.1 Å². The van der Waals surface area contributed by atoms with Crippen LogP contribution in [0, 0.1) is 0 Å². The zero-order valence-corrected chi connectivity index (χ0v) is 16.1. The highest BCUT2D eigenvalue weighted by Crippen LogP contribution is 2.43. The van der Waals surface area contributed by atoms with Crippen molar-refractivity contribution < 1.29 is 26.3 Å². The fraction of sp³-hybridized carbons (Fsp3) is 0.625. The van der Waals surface area contributed by atoms with E-state index in [0.29, 0.717) is 31.4 Å². The predicted molar refractivity (Wildman–Crippen MR) is 93.2 cm³/mol. The summed E-state index contributed by atoms with van der Waals surface area (Å²) in [6.45, 7) is 0. The van der Waals surface area contributed by atoms with Crippen molar-refractivity contribution in [1.29, 1.82) is 0 Å². The lowest BCUT2D eigenvalue weighted by Crippen LogP contribution is -2.49. The molecule has 2 fully saturated rings. The van der Waals surface area contributed by atoms with E-state index >= 15 is 0 Å². The number of sulfonamides is 1. The highest BCUT2D eigenvalue weighted by atomic mass is 32.2. The molecule has 2 atom stereocenters. The monoisotopic (exact) mass is 389 g/mol. The summed E-state index contributed by atoms with van der Waals surface area (Å²) in [4.78, 5) is 0.0593. The molecule has 25 heavy (non-hydrogen) atoms. The Morgan fingerprint density at radius 3 is 2.08 bits per heavy atom. The first kappa shape index (κ1) is 18.5. The van der Waals surface area contributed by atoms with Crippen LogP contribution >= 0.6 is 0 Å². The van der Waals surface area contributed by atoms with Crippen LogP contribution in [0.3, 0.4) is 0 Å². The summed E-state index contributed by atoms with van der Waals surface area (Å²) in [5.74, 6) is 0.684. The Bertz CT molecular complexity index is 851. The van der Waals surface area contributed by atoms with Crippen LogP contribution in [-0.4, -0.2) is 58.9 Å². The number of ether oxygens (including phenoxy) is 2. The molecule has 1 aromatic rings. The zero-order chi connectivity index (χ0) is 18.4. The molecule has 0 radical (unpaired) electrons. The number of piperidine rings is 1. The minimum Gasteiger partial charge on any atom is -0.497 e. The molecule has 0 amide bonds. The van der Waals surface area contributed by atoms with Crippen molar-refractivity contribution in [2.24, 2.45) is 0 Å². The Morgan fingerprint density at radius 1 is 1.00 bits per heavy atom. The molecule has 0 spiro atoms. The highest BCUT2D eigenvalue weighted by Gasteiger charge is 2.49. The van der Waals surface area contributed by atoms with E-state index in [0.717, 1.165) is 0 Å². The van der Waals surface area contributed by atoms with Gasteiger partial charge in [0, 0.05) is 24.4 Å². The largest absolute Gasteiger partial charge is 0.497 e. The van der Waals surface area contributed by atoms with Gasteiger partial charge in [-0.3, -0.25) is 0 Å². The second-order valence-electron chi connectivity index (χ2n) is 6.66. The van der Waals surface area contributed by atoms with E-state index in [1.807, 2.05) is 0 Å². The van der Waals surface area contributed by atoms with E-state index in [1.54, 1.807) is 12.1 Å². The molecule has 2 saturated heterocycles. The highest BCUT2D eigenvalue weighted by molar-refractivity contribution is 7.91. The zero-order valence-electron chi connectivity index (χ0n) is 14.5. The molecule has 2 aliphatic rings. The summed E-state index contributed by atoms with van der Waals surface area (Å²) >= 11 is 0. The van der Waals surface area contributed by atoms with Crippen molar-refractivity contribution in [3.63, 3.8) is 0 Å². The maximum Gasteiger partial charge on any atom is 0.247 e. The van der Waals surface area contributed by atoms with Gasteiger partial charge in [0.1, 0.15) is 26.2 Å². The number of hydrogen-bond donors (Lipinski definition) is 0. The SMILES string of the molecule is COc1ccc(OC)c(S(=O)(=O)N2C3CCC2CC(S(C)(=O)=O)C3)c1. The molecule has 0 aliphatic carbocycles. The van der Waals surface area contributed by atoms with Crippen LogP contribution in [-0.2, 0) is 19.9 Å². The summed E-state index contributed by atoms with van der Waals surface area (Å²) in [7, 11) is -4.09. The first-order valence-corrected chi connectivity index (χ1v) is 11.5. The number of rotatable bonds is 5. The molecule has 140 valence electrons. The average Bonchev–Trinajstić information content (AvgIpc) is 2.84. The second kappa shape index (κ2) is 6.44. The summed E-state index contributed by atoms with van der Waals surface area (Å²) in [5.41, 5.74) is 0. The molecule has 2 heterocycles. The Morgan fingerprint density at radius 2 is 1.60 bits per heavy atom. The van der Waals surface area contributed by atoms with Gasteiger partial charge < -0.3 is 9.47 Å². The molecular formula is C16H23NO6S2. The van der Waals surface area contributed by atoms with Crippen molar-refractivity contribution in [3.05, 3.63) is 18.2 Å². The molecule has 2 unspecified atom stereocenters. The van der Waals surface area contributed by atoms with E-state index < -0.39 is 25.1 Å². The molecular weight excluding hydrogens is 366 g/mol. The van der Waals surface area contributed by atoms with E-state index in [4.69, 9.17) is 9.47 Å². The standard InChI is InChI=1S/C16H23NO6S2/c1-22-13-6-7-15(23-2)16(10-13)25(20,21)17-11-4-5-12(17)9-14(8-11)24(3,18)19/h6-7,10-12,14H,4-5,8-9H2,1-3H3. The first-order chi connectivity index (χ1) is 11.7. The number of methoxy groups -OCH3 is 2. The summed E-state index contributed by atoms with van der Waals surface area (Å²) in [6, 6.07) is 4.08. The summed E-state index contributed by atoms with van der Waals surface area (Å²) in [5, 5.41) is -0.469. The molecule has 7 nitrogen and oxygen atoms in total. The lowest BCUT2D eigenvalue weighted by Gasteiger charge is -2.37.